The molecule has 20 heavy (non-hydrogen) atoms. The maximum absolute atomic E-state index is 6.10. The third-order valence-electron chi connectivity index (χ3n) is 2.71. The molecule has 0 amide bonds. The summed E-state index contributed by atoms with van der Waals surface area (Å²) in [5, 5.41) is 3.33. The van der Waals surface area contributed by atoms with Crippen molar-refractivity contribution < 1.29 is 0 Å². The molecule has 0 fully saturated rings. The third kappa shape index (κ3) is 3.93. The Labute approximate surface area is 136 Å². The van der Waals surface area contributed by atoms with Gasteiger partial charge in [0.25, 0.3) is 0 Å². The lowest BCUT2D eigenvalue weighted by Crippen LogP contribution is -2.05. The van der Waals surface area contributed by atoms with E-state index in [-0.39, 0.29) is 0 Å². The first-order chi connectivity index (χ1) is 9.63. The van der Waals surface area contributed by atoms with E-state index < -0.39 is 0 Å². The van der Waals surface area contributed by atoms with E-state index in [0.717, 1.165) is 56.8 Å². The molecule has 0 saturated heterocycles. The predicted molar refractivity (Wildman–Crippen MR) is 90.8 cm³/mol. The number of hydrogen-bond acceptors (Lipinski definition) is 4. The average molecular weight is 375 g/mol. The summed E-state index contributed by atoms with van der Waals surface area (Å²) < 4.78 is 1.62. The minimum absolute atomic E-state index is 0.729. The first-order valence-electron chi connectivity index (χ1n) is 6.71. The summed E-state index contributed by atoms with van der Waals surface area (Å²) in [4.78, 5) is 10.2. The van der Waals surface area contributed by atoms with E-state index in [2.05, 4.69) is 45.1 Å². The van der Waals surface area contributed by atoms with Gasteiger partial charge in [0.15, 0.2) is 5.82 Å². The van der Waals surface area contributed by atoms with Crippen molar-refractivity contribution in [1.82, 2.24) is 9.97 Å². The summed E-state index contributed by atoms with van der Waals surface area (Å²) in [5.74, 6) is 1.63. The molecule has 0 aromatic carbocycles. The fourth-order valence-electron chi connectivity index (χ4n) is 1.79. The summed E-state index contributed by atoms with van der Waals surface area (Å²) >= 11 is 11.0. The SMILES string of the molecule is CCCNc1cc(CCC)nc(-c2cc(Br)c(Cl)s2)n1. The van der Waals surface area contributed by atoms with Crippen molar-refractivity contribution in [1.29, 1.82) is 0 Å². The van der Waals surface area contributed by atoms with Gasteiger partial charge in [-0.25, -0.2) is 9.97 Å². The van der Waals surface area contributed by atoms with E-state index in [9.17, 15) is 0 Å². The zero-order chi connectivity index (χ0) is 14.5. The normalized spacial score (nSPS) is 10.8. The zero-order valence-corrected chi connectivity index (χ0v) is 14.7. The van der Waals surface area contributed by atoms with Gasteiger partial charge in [-0.05, 0) is 34.8 Å². The number of anilines is 1. The average Bonchev–Trinajstić information content (AvgIpc) is 2.77. The third-order valence-corrected chi connectivity index (χ3v) is 5.18. The lowest BCUT2D eigenvalue weighted by Gasteiger charge is -2.08. The van der Waals surface area contributed by atoms with Crippen LogP contribution in [-0.4, -0.2) is 16.5 Å². The monoisotopic (exact) mass is 373 g/mol. The zero-order valence-electron chi connectivity index (χ0n) is 11.5. The molecular weight excluding hydrogens is 358 g/mol. The van der Waals surface area contributed by atoms with E-state index in [0.29, 0.717) is 0 Å². The van der Waals surface area contributed by atoms with Gasteiger partial charge in [0.2, 0.25) is 0 Å². The highest BCUT2D eigenvalue weighted by Gasteiger charge is 2.11. The van der Waals surface area contributed by atoms with Gasteiger partial charge in [-0.3, -0.25) is 0 Å². The van der Waals surface area contributed by atoms with E-state index in [1.54, 1.807) is 0 Å². The first kappa shape index (κ1) is 15.7. The molecule has 0 saturated carbocycles. The van der Waals surface area contributed by atoms with Crippen molar-refractivity contribution in [2.45, 2.75) is 33.1 Å². The molecule has 2 rings (SSSR count). The highest BCUT2D eigenvalue weighted by atomic mass is 79.9. The molecule has 0 spiro atoms. The van der Waals surface area contributed by atoms with Crippen molar-refractivity contribution in [3.05, 3.63) is 26.6 Å². The lowest BCUT2D eigenvalue weighted by molar-refractivity contribution is 0.873. The topological polar surface area (TPSA) is 37.8 Å². The second-order valence-electron chi connectivity index (χ2n) is 4.48. The van der Waals surface area contributed by atoms with Crippen LogP contribution in [0.2, 0.25) is 4.34 Å². The molecule has 2 aromatic heterocycles. The van der Waals surface area contributed by atoms with Crippen molar-refractivity contribution in [2.24, 2.45) is 0 Å². The Morgan fingerprint density at radius 1 is 1.25 bits per heavy atom. The molecule has 0 unspecified atom stereocenters. The Morgan fingerprint density at radius 3 is 2.65 bits per heavy atom. The van der Waals surface area contributed by atoms with Crippen LogP contribution in [-0.2, 0) is 6.42 Å². The first-order valence-corrected chi connectivity index (χ1v) is 8.69. The minimum atomic E-state index is 0.729. The molecule has 3 nitrogen and oxygen atoms in total. The molecule has 0 aliphatic rings. The van der Waals surface area contributed by atoms with Crippen LogP contribution in [0.1, 0.15) is 32.4 Å². The van der Waals surface area contributed by atoms with Gasteiger partial charge in [0, 0.05) is 22.8 Å². The summed E-state index contributed by atoms with van der Waals surface area (Å²) in [5.41, 5.74) is 1.07. The summed E-state index contributed by atoms with van der Waals surface area (Å²) in [7, 11) is 0. The van der Waals surface area contributed by atoms with Crippen LogP contribution in [0.4, 0.5) is 5.82 Å². The fourth-order valence-corrected chi connectivity index (χ4v) is 3.43. The lowest BCUT2D eigenvalue weighted by atomic mass is 10.2. The summed E-state index contributed by atoms with van der Waals surface area (Å²) in [6, 6.07) is 4.01. The van der Waals surface area contributed by atoms with Gasteiger partial charge < -0.3 is 5.32 Å². The van der Waals surface area contributed by atoms with Crippen molar-refractivity contribution in [3.8, 4) is 10.7 Å². The number of hydrogen-bond donors (Lipinski definition) is 1. The molecule has 0 aliphatic heterocycles. The number of nitrogens with zero attached hydrogens (tertiary/aromatic N) is 2. The molecule has 108 valence electrons. The molecule has 0 aliphatic carbocycles. The van der Waals surface area contributed by atoms with Gasteiger partial charge in [0.05, 0.1) is 4.88 Å². The van der Waals surface area contributed by atoms with E-state index in [1.807, 2.05) is 12.1 Å². The number of halogens is 2. The summed E-state index contributed by atoms with van der Waals surface area (Å²) in [6.45, 7) is 5.20. The van der Waals surface area contributed by atoms with Gasteiger partial charge in [-0.15, -0.1) is 11.3 Å². The smallest absolute Gasteiger partial charge is 0.171 e. The Morgan fingerprint density at radius 2 is 2.05 bits per heavy atom. The van der Waals surface area contributed by atoms with Crippen LogP contribution in [0.5, 0.6) is 0 Å². The fraction of sp³-hybridized carbons (Fsp3) is 0.429. The molecular formula is C14H17BrClN3S. The summed E-state index contributed by atoms with van der Waals surface area (Å²) in [6.07, 6.45) is 3.09. The maximum Gasteiger partial charge on any atom is 0.171 e. The van der Waals surface area contributed by atoms with Crippen molar-refractivity contribution in [2.75, 3.05) is 11.9 Å². The Hall–Kier alpha value is -0.650. The van der Waals surface area contributed by atoms with Gasteiger partial charge >= 0.3 is 0 Å². The largest absolute Gasteiger partial charge is 0.370 e. The number of nitrogens with one attached hydrogen (secondary N) is 1. The van der Waals surface area contributed by atoms with Crippen LogP contribution in [0, 0.1) is 0 Å². The van der Waals surface area contributed by atoms with Crippen molar-refractivity contribution >= 4 is 44.7 Å². The Kier molecular flexibility index (Phi) is 5.81. The molecule has 2 aromatic rings. The maximum atomic E-state index is 6.10. The minimum Gasteiger partial charge on any atom is -0.370 e. The van der Waals surface area contributed by atoms with Gasteiger partial charge in [0.1, 0.15) is 10.2 Å². The quantitative estimate of drug-likeness (QED) is 0.736. The molecule has 0 radical (unpaired) electrons. The standard InChI is InChI=1S/C14H17BrClN3S/c1-3-5-9-7-12(17-6-4-2)19-14(18-9)11-8-10(15)13(16)20-11/h7-8H,3-6H2,1-2H3,(H,17,18,19). The van der Waals surface area contributed by atoms with Crippen molar-refractivity contribution in [3.63, 3.8) is 0 Å². The molecule has 6 heteroatoms. The molecule has 0 bridgehead atoms. The number of rotatable bonds is 6. The number of thiophene rings is 1. The highest BCUT2D eigenvalue weighted by Crippen LogP contribution is 2.37. The van der Waals surface area contributed by atoms with E-state index in [4.69, 9.17) is 11.6 Å². The van der Waals surface area contributed by atoms with Crippen LogP contribution >= 0.6 is 38.9 Å². The molecule has 1 N–H and O–H groups in total. The molecule has 0 atom stereocenters. The molecule has 2 heterocycles. The van der Waals surface area contributed by atoms with Crippen LogP contribution in [0.3, 0.4) is 0 Å². The Bertz CT molecular complexity index is 566. The number of aromatic nitrogens is 2. The van der Waals surface area contributed by atoms with Crippen LogP contribution < -0.4 is 5.32 Å². The van der Waals surface area contributed by atoms with Crippen LogP contribution in [0.15, 0.2) is 16.6 Å². The second-order valence-corrected chi connectivity index (χ2v) is 6.99. The predicted octanol–water partition coefficient (Wildman–Crippen LogP) is 5.40. The van der Waals surface area contributed by atoms with E-state index >= 15 is 0 Å². The number of aryl methyl sites for hydroxylation is 1. The van der Waals surface area contributed by atoms with Gasteiger partial charge in [-0.2, -0.15) is 0 Å². The van der Waals surface area contributed by atoms with Crippen LogP contribution in [0.25, 0.3) is 10.7 Å². The Balaban J connectivity index is 2.37. The van der Waals surface area contributed by atoms with E-state index in [1.165, 1.54) is 11.3 Å². The second kappa shape index (κ2) is 7.38. The highest BCUT2D eigenvalue weighted by molar-refractivity contribution is 9.10. The van der Waals surface area contributed by atoms with Gasteiger partial charge in [-0.1, -0.05) is 31.9 Å².